The maximum Gasteiger partial charge on any atom is 0.152 e. The fourth-order valence-corrected chi connectivity index (χ4v) is 2.57. The van der Waals surface area contributed by atoms with Crippen molar-refractivity contribution in [1.82, 2.24) is 0 Å². The number of carbonyl (C=O) groups excluding carboxylic acids is 1. The molecule has 1 aromatic carbocycles. The van der Waals surface area contributed by atoms with Crippen molar-refractivity contribution in [2.75, 3.05) is 18.0 Å². The molecule has 0 spiro atoms. The Morgan fingerprint density at radius 2 is 1.94 bits per heavy atom. The van der Waals surface area contributed by atoms with Gasteiger partial charge in [-0.25, -0.2) is 0 Å². The van der Waals surface area contributed by atoms with E-state index < -0.39 is 0 Å². The molecule has 1 saturated heterocycles. The molecule has 0 aliphatic carbocycles. The molecule has 0 unspecified atom stereocenters. The van der Waals surface area contributed by atoms with E-state index in [0.29, 0.717) is 22.4 Å². The largest absolute Gasteiger partial charge is 0.369 e. The molecule has 1 aliphatic heterocycles. The second-order valence-corrected chi connectivity index (χ2v) is 5.06. The normalized spacial score (nSPS) is 24.8. The Morgan fingerprint density at radius 1 is 1.31 bits per heavy atom. The lowest BCUT2D eigenvalue weighted by atomic mass is 10.0. The van der Waals surface area contributed by atoms with Crippen molar-refractivity contribution in [2.45, 2.75) is 13.8 Å². The zero-order valence-electron chi connectivity index (χ0n) is 9.61. The third-order valence-electron chi connectivity index (χ3n) is 3.45. The van der Waals surface area contributed by atoms with Crippen LogP contribution in [0.1, 0.15) is 24.2 Å². The molecule has 86 valence electrons. The Bertz CT molecular complexity index is 395. The van der Waals surface area contributed by atoms with Crippen LogP contribution in [0.3, 0.4) is 0 Å². The Labute approximate surface area is 101 Å². The van der Waals surface area contributed by atoms with Crippen LogP contribution in [-0.4, -0.2) is 19.4 Å². The Kier molecular flexibility index (Phi) is 3.20. The number of halogens is 1. The van der Waals surface area contributed by atoms with Crippen molar-refractivity contribution in [3.05, 3.63) is 28.8 Å². The minimum absolute atomic E-state index is 0.649. The molecule has 16 heavy (non-hydrogen) atoms. The van der Waals surface area contributed by atoms with E-state index in [9.17, 15) is 4.79 Å². The van der Waals surface area contributed by atoms with E-state index in [1.165, 1.54) is 0 Å². The SMILES string of the molecule is C[C@H]1CN(c2c(Cl)cccc2C=O)C[C@@H]1C. The summed E-state index contributed by atoms with van der Waals surface area (Å²) in [6.45, 7) is 6.43. The summed E-state index contributed by atoms with van der Waals surface area (Å²) in [5.41, 5.74) is 1.59. The molecule has 1 heterocycles. The topological polar surface area (TPSA) is 20.3 Å². The van der Waals surface area contributed by atoms with Gasteiger partial charge in [0.05, 0.1) is 10.7 Å². The lowest BCUT2D eigenvalue weighted by Gasteiger charge is -2.21. The highest BCUT2D eigenvalue weighted by molar-refractivity contribution is 6.33. The second-order valence-electron chi connectivity index (χ2n) is 4.66. The smallest absolute Gasteiger partial charge is 0.152 e. The minimum atomic E-state index is 0.649. The third kappa shape index (κ3) is 1.94. The summed E-state index contributed by atoms with van der Waals surface area (Å²) in [6.07, 6.45) is 0.884. The van der Waals surface area contributed by atoms with Crippen LogP contribution in [0, 0.1) is 11.8 Å². The number of hydrogen-bond donors (Lipinski definition) is 0. The lowest BCUT2D eigenvalue weighted by molar-refractivity contribution is 0.112. The third-order valence-corrected chi connectivity index (χ3v) is 3.75. The summed E-state index contributed by atoms with van der Waals surface area (Å²) < 4.78 is 0. The number of aldehydes is 1. The van der Waals surface area contributed by atoms with Crippen LogP contribution in [0.4, 0.5) is 5.69 Å². The average Bonchev–Trinajstić information content (AvgIpc) is 2.58. The maximum atomic E-state index is 11.0. The van der Waals surface area contributed by atoms with Gasteiger partial charge in [-0.2, -0.15) is 0 Å². The fraction of sp³-hybridized carbons (Fsp3) is 0.462. The molecule has 0 radical (unpaired) electrons. The van der Waals surface area contributed by atoms with Crippen molar-refractivity contribution in [3.8, 4) is 0 Å². The van der Waals surface area contributed by atoms with Crippen molar-refractivity contribution in [3.63, 3.8) is 0 Å². The van der Waals surface area contributed by atoms with Gasteiger partial charge in [0.1, 0.15) is 0 Å². The van der Waals surface area contributed by atoms with E-state index in [-0.39, 0.29) is 0 Å². The first-order valence-electron chi connectivity index (χ1n) is 5.62. The summed E-state index contributed by atoms with van der Waals surface area (Å²) >= 11 is 6.18. The molecule has 2 atom stereocenters. The number of carbonyl (C=O) groups is 1. The molecular formula is C13H16ClNO. The van der Waals surface area contributed by atoms with Gasteiger partial charge in [0, 0.05) is 18.7 Å². The molecule has 0 aromatic heterocycles. The van der Waals surface area contributed by atoms with Gasteiger partial charge in [0.15, 0.2) is 6.29 Å². The van der Waals surface area contributed by atoms with Gasteiger partial charge in [0.25, 0.3) is 0 Å². The van der Waals surface area contributed by atoms with Gasteiger partial charge in [-0.15, -0.1) is 0 Å². The quantitative estimate of drug-likeness (QED) is 0.736. The number of rotatable bonds is 2. The Balaban J connectivity index is 2.37. The summed E-state index contributed by atoms with van der Waals surface area (Å²) in [5, 5.41) is 0.672. The molecule has 1 aromatic rings. The first-order chi connectivity index (χ1) is 7.63. The monoisotopic (exact) mass is 237 g/mol. The number of hydrogen-bond acceptors (Lipinski definition) is 2. The van der Waals surface area contributed by atoms with Gasteiger partial charge >= 0.3 is 0 Å². The maximum absolute atomic E-state index is 11.0. The summed E-state index contributed by atoms with van der Waals surface area (Å²) in [6, 6.07) is 5.48. The number of nitrogens with zero attached hydrogens (tertiary/aromatic N) is 1. The fourth-order valence-electron chi connectivity index (χ4n) is 2.27. The van der Waals surface area contributed by atoms with Crippen LogP contribution >= 0.6 is 11.6 Å². The van der Waals surface area contributed by atoms with E-state index in [1.807, 2.05) is 18.2 Å². The molecular weight excluding hydrogens is 222 g/mol. The molecule has 1 aliphatic rings. The van der Waals surface area contributed by atoms with E-state index in [4.69, 9.17) is 11.6 Å². The summed E-state index contributed by atoms with van der Waals surface area (Å²) in [7, 11) is 0. The van der Waals surface area contributed by atoms with E-state index in [1.54, 1.807) is 0 Å². The van der Waals surface area contributed by atoms with E-state index >= 15 is 0 Å². The van der Waals surface area contributed by atoms with Crippen LogP contribution < -0.4 is 4.90 Å². The standard InChI is InChI=1S/C13H16ClNO/c1-9-6-15(7-10(9)2)13-11(8-16)4-3-5-12(13)14/h3-5,8-10H,6-7H2,1-2H3/t9-,10-/m0/s1. The average molecular weight is 238 g/mol. The van der Waals surface area contributed by atoms with Crippen LogP contribution in [-0.2, 0) is 0 Å². The highest BCUT2D eigenvalue weighted by Crippen LogP contribution is 2.34. The van der Waals surface area contributed by atoms with Crippen LogP contribution in [0.5, 0.6) is 0 Å². The number of para-hydroxylation sites is 1. The van der Waals surface area contributed by atoms with Crippen molar-refractivity contribution in [1.29, 1.82) is 0 Å². The highest BCUT2D eigenvalue weighted by atomic mass is 35.5. The van der Waals surface area contributed by atoms with Crippen molar-refractivity contribution < 1.29 is 4.79 Å². The summed E-state index contributed by atoms with van der Waals surface area (Å²) in [4.78, 5) is 13.2. The predicted molar refractivity (Wildman–Crippen MR) is 67.4 cm³/mol. The van der Waals surface area contributed by atoms with Gasteiger partial charge in [-0.3, -0.25) is 4.79 Å². The number of anilines is 1. The predicted octanol–water partition coefficient (Wildman–Crippen LogP) is 3.24. The molecule has 1 fully saturated rings. The Hall–Kier alpha value is -1.02. The van der Waals surface area contributed by atoms with Gasteiger partial charge < -0.3 is 4.90 Å². The molecule has 2 nitrogen and oxygen atoms in total. The van der Waals surface area contributed by atoms with Crippen LogP contribution in [0.2, 0.25) is 5.02 Å². The van der Waals surface area contributed by atoms with Crippen LogP contribution in [0.25, 0.3) is 0 Å². The van der Waals surface area contributed by atoms with Gasteiger partial charge in [-0.1, -0.05) is 31.5 Å². The highest BCUT2D eigenvalue weighted by Gasteiger charge is 2.28. The summed E-state index contributed by atoms with van der Waals surface area (Å²) in [5.74, 6) is 1.30. The first kappa shape index (κ1) is 11.5. The first-order valence-corrected chi connectivity index (χ1v) is 6.00. The lowest BCUT2D eigenvalue weighted by Crippen LogP contribution is -2.21. The van der Waals surface area contributed by atoms with Gasteiger partial charge in [-0.05, 0) is 24.0 Å². The zero-order valence-corrected chi connectivity index (χ0v) is 10.4. The molecule has 3 heteroatoms. The minimum Gasteiger partial charge on any atom is -0.369 e. The second kappa shape index (κ2) is 4.46. The molecule has 0 N–H and O–H groups in total. The molecule has 0 saturated carbocycles. The number of benzene rings is 1. The van der Waals surface area contributed by atoms with Crippen molar-refractivity contribution in [2.24, 2.45) is 11.8 Å². The molecule has 2 rings (SSSR count). The molecule has 0 amide bonds. The van der Waals surface area contributed by atoms with Crippen molar-refractivity contribution >= 4 is 23.6 Å². The van der Waals surface area contributed by atoms with E-state index in [0.717, 1.165) is 25.1 Å². The molecule has 0 bridgehead atoms. The van der Waals surface area contributed by atoms with E-state index in [2.05, 4.69) is 18.7 Å². The van der Waals surface area contributed by atoms with Crippen LogP contribution in [0.15, 0.2) is 18.2 Å². The Morgan fingerprint density at radius 3 is 2.50 bits per heavy atom. The zero-order chi connectivity index (χ0) is 11.7. The van der Waals surface area contributed by atoms with Gasteiger partial charge in [0.2, 0.25) is 0 Å².